The minimum Gasteiger partial charge on any atom is -0.292 e. The molecule has 0 heterocycles. The number of Topliss-reactive ketones (excluding diaryl/α,β-unsaturated/α-hetero) is 1. The van der Waals surface area contributed by atoms with Gasteiger partial charge in [0.2, 0.25) is 0 Å². The van der Waals surface area contributed by atoms with Crippen LogP contribution in [-0.2, 0) is 0 Å². The van der Waals surface area contributed by atoms with Crippen LogP contribution < -0.4 is 0 Å². The van der Waals surface area contributed by atoms with Crippen molar-refractivity contribution in [2.24, 2.45) is 0 Å². The molecule has 0 amide bonds. The van der Waals surface area contributed by atoms with Crippen molar-refractivity contribution in [2.75, 3.05) is 0 Å². The van der Waals surface area contributed by atoms with Gasteiger partial charge in [-0.05, 0) is 36.2 Å². The molecular formula is C16H11BrClNO. The lowest BCUT2D eigenvalue weighted by molar-refractivity contribution is 0.0978. The molecule has 1 unspecified atom stereocenters. The highest BCUT2D eigenvalue weighted by Gasteiger charge is 2.23. The van der Waals surface area contributed by atoms with Gasteiger partial charge in [-0.15, -0.1) is 0 Å². The predicted molar refractivity (Wildman–Crippen MR) is 83.0 cm³/mol. The summed E-state index contributed by atoms with van der Waals surface area (Å²) in [5.41, 5.74) is 2.05. The number of ketones is 1. The normalized spacial score (nSPS) is 11.7. The smallest absolute Gasteiger partial charge is 0.184 e. The average molecular weight is 349 g/mol. The van der Waals surface area contributed by atoms with Gasteiger partial charge in [0, 0.05) is 15.1 Å². The van der Waals surface area contributed by atoms with Gasteiger partial charge >= 0.3 is 0 Å². The predicted octanol–water partition coefficient (Wildman–Crippen LogP) is 4.90. The maximum Gasteiger partial charge on any atom is 0.184 e. The Labute approximate surface area is 131 Å². The molecule has 0 aromatic heterocycles. The van der Waals surface area contributed by atoms with Gasteiger partial charge < -0.3 is 0 Å². The van der Waals surface area contributed by atoms with Crippen molar-refractivity contribution < 1.29 is 4.79 Å². The summed E-state index contributed by atoms with van der Waals surface area (Å²) in [6.45, 7) is 1.85. The van der Waals surface area contributed by atoms with Crippen molar-refractivity contribution >= 4 is 33.3 Å². The minimum atomic E-state index is -0.819. The molecule has 2 nitrogen and oxygen atoms in total. The Bertz CT molecular complexity index is 689. The zero-order valence-electron chi connectivity index (χ0n) is 10.7. The standard InChI is InChI=1S/C16H11BrClNO/c1-10-13(3-2-4-15(10)17)16(20)14(9-19)11-5-7-12(18)8-6-11/h2-8,14H,1H3. The van der Waals surface area contributed by atoms with Crippen molar-refractivity contribution in [3.8, 4) is 6.07 Å². The average Bonchev–Trinajstić information content (AvgIpc) is 2.44. The molecule has 2 rings (SSSR count). The molecule has 0 aliphatic rings. The Morgan fingerprint density at radius 1 is 1.25 bits per heavy atom. The molecule has 2 aromatic carbocycles. The zero-order valence-corrected chi connectivity index (χ0v) is 13.1. The van der Waals surface area contributed by atoms with Crippen LogP contribution in [0.5, 0.6) is 0 Å². The number of hydrogen-bond acceptors (Lipinski definition) is 2. The summed E-state index contributed by atoms with van der Waals surface area (Å²) in [5, 5.41) is 9.91. The summed E-state index contributed by atoms with van der Waals surface area (Å²) < 4.78 is 0.858. The number of carbonyl (C=O) groups excluding carboxylic acids is 1. The van der Waals surface area contributed by atoms with Gasteiger partial charge in [0.05, 0.1) is 6.07 Å². The molecule has 100 valence electrons. The lowest BCUT2D eigenvalue weighted by atomic mass is 9.90. The molecule has 0 bridgehead atoms. The molecule has 0 radical (unpaired) electrons. The molecule has 4 heteroatoms. The van der Waals surface area contributed by atoms with E-state index >= 15 is 0 Å². The third kappa shape index (κ3) is 2.92. The molecule has 0 aliphatic heterocycles. The number of rotatable bonds is 3. The lowest BCUT2D eigenvalue weighted by Gasteiger charge is -2.11. The van der Waals surface area contributed by atoms with Crippen molar-refractivity contribution in [3.63, 3.8) is 0 Å². The highest BCUT2D eigenvalue weighted by atomic mass is 79.9. The highest BCUT2D eigenvalue weighted by Crippen LogP contribution is 2.26. The molecule has 0 aliphatic carbocycles. The first-order valence-electron chi connectivity index (χ1n) is 5.99. The fraction of sp³-hybridized carbons (Fsp3) is 0.125. The number of halogens is 2. The maximum atomic E-state index is 12.6. The molecule has 0 saturated heterocycles. The number of hydrogen-bond donors (Lipinski definition) is 0. The summed E-state index contributed by atoms with van der Waals surface area (Å²) in [5.74, 6) is -1.02. The summed E-state index contributed by atoms with van der Waals surface area (Å²) >= 11 is 9.23. The molecule has 0 fully saturated rings. The SMILES string of the molecule is Cc1c(Br)cccc1C(=O)C(C#N)c1ccc(Cl)cc1. The second-order valence-corrected chi connectivity index (χ2v) is 5.68. The second kappa shape index (κ2) is 6.21. The van der Waals surface area contributed by atoms with Crippen LogP contribution in [0.1, 0.15) is 27.4 Å². The van der Waals surface area contributed by atoms with E-state index in [2.05, 4.69) is 22.0 Å². The Hall–Kier alpha value is -1.63. The monoisotopic (exact) mass is 347 g/mol. The molecule has 0 saturated carbocycles. The van der Waals surface area contributed by atoms with Crippen LogP contribution in [0.4, 0.5) is 0 Å². The van der Waals surface area contributed by atoms with Gasteiger partial charge in [0.25, 0.3) is 0 Å². The molecule has 20 heavy (non-hydrogen) atoms. The fourth-order valence-electron chi connectivity index (χ4n) is 1.97. The minimum absolute atomic E-state index is 0.200. The number of nitriles is 1. The first-order chi connectivity index (χ1) is 9.54. The van der Waals surface area contributed by atoms with E-state index < -0.39 is 5.92 Å². The van der Waals surface area contributed by atoms with Gasteiger partial charge in [0.1, 0.15) is 5.92 Å². The second-order valence-electron chi connectivity index (χ2n) is 4.39. The summed E-state index contributed by atoms with van der Waals surface area (Å²) in [6, 6.07) is 14.3. The first kappa shape index (κ1) is 14.8. The first-order valence-corrected chi connectivity index (χ1v) is 7.16. The molecule has 2 aromatic rings. The van der Waals surface area contributed by atoms with Crippen LogP contribution in [-0.4, -0.2) is 5.78 Å². The zero-order chi connectivity index (χ0) is 14.7. The Balaban J connectivity index is 2.42. The third-order valence-electron chi connectivity index (χ3n) is 3.13. The summed E-state index contributed by atoms with van der Waals surface area (Å²) in [4.78, 5) is 12.6. The topological polar surface area (TPSA) is 40.9 Å². The van der Waals surface area contributed by atoms with E-state index in [0.717, 1.165) is 10.0 Å². The van der Waals surface area contributed by atoms with Gasteiger partial charge in [-0.2, -0.15) is 5.26 Å². The van der Waals surface area contributed by atoms with Crippen LogP contribution >= 0.6 is 27.5 Å². The Morgan fingerprint density at radius 3 is 2.50 bits per heavy atom. The van der Waals surface area contributed by atoms with Crippen LogP contribution in [0.15, 0.2) is 46.9 Å². The van der Waals surface area contributed by atoms with Crippen LogP contribution in [0.25, 0.3) is 0 Å². The largest absolute Gasteiger partial charge is 0.292 e. The summed E-state index contributed by atoms with van der Waals surface area (Å²) in [7, 11) is 0. The molecule has 0 N–H and O–H groups in total. The van der Waals surface area contributed by atoms with Gasteiger partial charge in [-0.25, -0.2) is 0 Å². The van der Waals surface area contributed by atoms with Gasteiger partial charge in [-0.1, -0.05) is 51.8 Å². The maximum absolute atomic E-state index is 12.6. The van der Waals surface area contributed by atoms with Crippen molar-refractivity contribution in [3.05, 3.63) is 68.7 Å². The molecule has 0 spiro atoms. The Morgan fingerprint density at radius 2 is 1.90 bits per heavy atom. The fourth-order valence-corrected chi connectivity index (χ4v) is 2.46. The van der Waals surface area contributed by atoms with Crippen molar-refractivity contribution in [2.45, 2.75) is 12.8 Å². The number of nitrogens with zero attached hydrogens (tertiary/aromatic N) is 1. The van der Waals surface area contributed by atoms with E-state index in [-0.39, 0.29) is 5.78 Å². The van der Waals surface area contributed by atoms with Crippen molar-refractivity contribution in [1.82, 2.24) is 0 Å². The van der Waals surface area contributed by atoms with Crippen LogP contribution in [0.3, 0.4) is 0 Å². The quantitative estimate of drug-likeness (QED) is 0.740. The Kier molecular flexibility index (Phi) is 4.59. The van der Waals surface area contributed by atoms with E-state index in [1.165, 1.54) is 0 Å². The van der Waals surface area contributed by atoms with E-state index in [4.69, 9.17) is 11.6 Å². The van der Waals surface area contributed by atoms with E-state index in [1.54, 1.807) is 36.4 Å². The lowest BCUT2D eigenvalue weighted by Crippen LogP contribution is -2.12. The molecular weight excluding hydrogens is 338 g/mol. The molecule has 1 atom stereocenters. The summed E-state index contributed by atoms with van der Waals surface area (Å²) in [6.07, 6.45) is 0. The van der Waals surface area contributed by atoms with Gasteiger partial charge in [0.15, 0.2) is 5.78 Å². The number of benzene rings is 2. The van der Waals surface area contributed by atoms with E-state index in [0.29, 0.717) is 16.1 Å². The van der Waals surface area contributed by atoms with E-state index in [1.807, 2.05) is 13.0 Å². The van der Waals surface area contributed by atoms with Gasteiger partial charge in [-0.3, -0.25) is 4.79 Å². The number of carbonyl (C=O) groups is 1. The van der Waals surface area contributed by atoms with Crippen LogP contribution in [0, 0.1) is 18.3 Å². The van der Waals surface area contributed by atoms with E-state index in [9.17, 15) is 10.1 Å². The third-order valence-corrected chi connectivity index (χ3v) is 4.24. The van der Waals surface area contributed by atoms with Crippen molar-refractivity contribution in [1.29, 1.82) is 5.26 Å². The van der Waals surface area contributed by atoms with Crippen LogP contribution in [0.2, 0.25) is 5.02 Å². The highest BCUT2D eigenvalue weighted by molar-refractivity contribution is 9.10.